The molecular formula is C20H24ClN3OS. The quantitative estimate of drug-likeness (QED) is 0.708. The Morgan fingerprint density at radius 3 is 2.69 bits per heavy atom. The first-order chi connectivity index (χ1) is 12.7. The first-order valence-electron chi connectivity index (χ1n) is 9.11. The van der Waals surface area contributed by atoms with Crippen molar-refractivity contribution in [1.82, 2.24) is 15.2 Å². The topological polar surface area (TPSA) is 45.2 Å². The predicted molar refractivity (Wildman–Crippen MR) is 107 cm³/mol. The van der Waals surface area contributed by atoms with Crippen molar-refractivity contribution in [3.8, 4) is 0 Å². The Bertz CT molecular complexity index is 717. The number of amides is 1. The van der Waals surface area contributed by atoms with Gasteiger partial charge in [0.1, 0.15) is 5.03 Å². The van der Waals surface area contributed by atoms with E-state index in [1.165, 1.54) is 44.1 Å². The van der Waals surface area contributed by atoms with Gasteiger partial charge in [-0.25, -0.2) is 4.98 Å². The molecule has 1 aromatic carbocycles. The van der Waals surface area contributed by atoms with Gasteiger partial charge in [-0.3, -0.25) is 4.79 Å². The molecule has 1 aliphatic heterocycles. The number of halogens is 1. The van der Waals surface area contributed by atoms with E-state index in [0.717, 1.165) is 17.9 Å². The van der Waals surface area contributed by atoms with Crippen LogP contribution < -0.4 is 5.32 Å². The second-order valence-electron chi connectivity index (χ2n) is 6.42. The molecule has 1 fully saturated rings. The number of hydrogen-bond acceptors (Lipinski definition) is 4. The number of aromatic nitrogens is 1. The number of nitrogens with zero attached hydrogens (tertiary/aromatic N) is 2. The van der Waals surface area contributed by atoms with Crippen molar-refractivity contribution in [2.45, 2.75) is 35.6 Å². The van der Waals surface area contributed by atoms with E-state index in [1.54, 1.807) is 12.3 Å². The van der Waals surface area contributed by atoms with Crippen LogP contribution >= 0.6 is 23.4 Å². The number of pyridine rings is 1. The summed E-state index contributed by atoms with van der Waals surface area (Å²) in [5, 5.41) is 4.44. The summed E-state index contributed by atoms with van der Waals surface area (Å²) in [6, 6.07) is 11.2. The summed E-state index contributed by atoms with van der Waals surface area (Å²) in [6.45, 7) is 4.13. The predicted octanol–water partition coefficient (Wildman–Crippen LogP) is 4.49. The maximum Gasteiger partial charge on any atom is 0.254 e. The van der Waals surface area contributed by atoms with E-state index in [1.807, 2.05) is 30.3 Å². The minimum Gasteiger partial charge on any atom is -0.352 e. The lowest BCUT2D eigenvalue weighted by molar-refractivity contribution is 0.0947. The van der Waals surface area contributed by atoms with Crippen LogP contribution in [0.2, 0.25) is 5.02 Å². The van der Waals surface area contributed by atoms with Gasteiger partial charge in [0.25, 0.3) is 5.91 Å². The zero-order valence-electron chi connectivity index (χ0n) is 14.8. The van der Waals surface area contributed by atoms with Gasteiger partial charge in [-0.1, -0.05) is 29.8 Å². The van der Waals surface area contributed by atoms with E-state index in [2.05, 4.69) is 15.2 Å². The van der Waals surface area contributed by atoms with Gasteiger partial charge < -0.3 is 10.2 Å². The molecule has 0 radical (unpaired) electrons. The third-order valence-electron chi connectivity index (χ3n) is 4.43. The minimum absolute atomic E-state index is 0.0618. The summed E-state index contributed by atoms with van der Waals surface area (Å²) in [7, 11) is 0. The SMILES string of the molecule is O=C(NCCCN1CCCCC1)c1cccnc1Sc1ccc(Cl)cc1. The Balaban J connectivity index is 1.52. The van der Waals surface area contributed by atoms with Gasteiger partial charge in [-0.15, -0.1) is 0 Å². The fourth-order valence-electron chi connectivity index (χ4n) is 3.04. The Kier molecular flexibility index (Phi) is 7.35. The van der Waals surface area contributed by atoms with Crippen LogP contribution in [0.15, 0.2) is 52.5 Å². The third-order valence-corrected chi connectivity index (χ3v) is 5.71. The Morgan fingerprint density at radius 1 is 1.15 bits per heavy atom. The molecule has 1 aliphatic rings. The molecule has 0 spiro atoms. The fourth-order valence-corrected chi connectivity index (χ4v) is 4.05. The second-order valence-corrected chi connectivity index (χ2v) is 7.92. The van der Waals surface area contributed by atoms with Crippen molar-refractivity contribution in [3.05, 3.63) is 53.2 Å². The van der Waals surface area contributed by atoms with Crippen LogP contribution in [0, 0.1) is 0 Å². The number of piperidine rings is 1. The average Bonchev–Trinajstić information content (AvgIpc) is 2.68. The van der Waals surface area contributed by atoms with Gasteiger partial charge in [0.2, 0.25) is 0 Å². The second kappa shape index (κ2) is 9.95. The van der Waals surface area contributed by atoms with Crippen LogP contribution in [0.1, 0.15) is 36.0 Å². The van der Waals surface area contributed by atoms with Crippen molar-refractivity contribution in [1.29, 1.82) is 0 Å². The maximum atomic E-state index is 12.6. The Labute approximate surface area is 164 Å². The third kappa shape index (κ3) is 5.73. The van der Waals surface area contributed by atoms with E-state index < -0.39 is 0 Å². The smallest absolute Gasteiger partial charge is 0.254 e. The van der Waals surface area contributed by atoms with Crippen LogP contribution in [-0.2, 0) is 0 Å². The van der Waals surface area contributed by atoms with Gasteiger partial charge in [0, 0.05) is 22.7 Å². The van der Waals surface area contributed by atoms with Crippen LogP contribution in [0.4, 0.5) is 0 Å². The summed E-state index contributed by atoms with van der Waals surface area (Å²) in [6.07, 6.45) is 6.64. The summed E-state index contributed by atoms with van der Waals surface area (Å²) in [4.78, 5) is 20.4. The molecule has 0 atom stereocenters. The van der Waals surface area contributed by atoms with Crippen molar-refractivity contribution in [3.63, 3.8) is 0 Å². The highest BCUT2D eigenvalue weighted by atomic mass is 35.5. The maximum absolute atomic E-state index is 12.6. The highest BCUT2D eigenvalue weighted by molar-refractivity contribution is 7.99. The molecule has 2 aromatic rings. The molecule has 0 aliphatic carbocycles. The monoisotopic (exact) mass is 389 g/mol. The largest absolute Gasteiger partial charge is 0.352 e. The van der Waals surface area contributed by atoms with Crippen LogP contribution in [0.3, 0.4) is 0 Å². The lowest BCUT2D eigenvalue weighted by Crippen LogP contribution is -2.33. The lowest BCUT2D eigenvalue weighted by Gasteiger charge is -2.26. The molecule has 1 N–H and O–H groups in total. The zero-order valence-corrected chi connectivity index (χ0v) is 16.4. The molecule has 0 saturated carbocycles. The standard InChI is InChI=1S/C20H24ClN3OS/c21-16-7-9-17(10-8-16)26-20-18(6-4-11-23-20)19(25)22-12-5-15-24-13-2-1-3-14-24/h4,6-11H,1-3,5,12-15H2,(H,22,25). The number of benzene rings is 1. The highest BCUT2D eigenvalue weighted by Crippen LogP contribution is 2.29. The van der Waals surface area contributed by atoms with Crippen molar-refractivity contribution < 1.29 is 4.79 Å². The van der Waals surface area contributed by atoms with E-state index in [-0.39, 0.29) is 5.91 Å². The summed E-state index contributed by atoms with van der Waals surface area (Å²) < 4.78 is 0. The van der Waals surface area contributed by atoms with Gasteiger partial charge in [-0.2, -0.15) is 0 Å². The first kappa shape index (κ1) is 19.2. The number of carbonyl (C=O) groups excluding carboxylic acids is 1. The Morgan fingerprint density at radius 2 is 1.92 bits per heavy atom. The van der Waals surface area contributed by atoms with Crippen LogP contribution in [0.25, 0.3) is 0 Å². The van der Waals surface area contributed by atoms with Gasteiger partial charge >= 0.3 is 0 Å². The molecule has 3 rings (SSSR count). The van der Waals surface area contributed by atoms with E-state index in [0.29, 0.717) is 22.2 Å². The molecule has 1 amide bonds. The molecule has 2 heterocycles. The van der Waals surface area contributed by atoms with Crippen molar-refractivity contribution in [2.75, 3.05) is 26.2 Å². The molecule has 0 unspecified atom stereocenters. The van der Waals surface area contributed by atoms with E-state index in [9.17, 15) is 4.79 Å². The van der Waals surface area contributed by atoms with Gasteiger partial charge in [-0.05, 0) is 75.3 Å². The normalized spacial score (nSPS) is 15.0. The number of carbonyl (C=O) groups is 1. The number of rotatable bonds is 7. The molecular weight excluding hydrogens is 366 g/mol. The summed E-state index contributed by atoms with van der Waals surface area (Å²) in [5.41, 5.74) is 0.616. The van der Waals surface area contributed by atoms with Gasteiger partial charge in [0.15, 0.2) is 0 Å². The Hall–Kier alpha value is -1.56. The molecule has 1 aromatic heterocycles. The van der Waals surface area contributed by atoms with Gasteiger partial charge in [0.05, 0.1) is 5.56 Å². The molecule has 0 bridgehead atoms. The van der Waals surface area contributed by atoms with Crippen LogP contribution in [-0.4, -0.2) is 42.0 Å². The fraction of sp³-hybridized carbons (Fsp3) is 0.400. The highest BCUT2D eigenvalue weighted by Gasteiger charge is 2.14. The molecule has 4 nitrogen and oxygen atoms in total. The lowest BCUT2D eigenvalue weighted by atomic mass is 10.1. The van der Waals surface area contributed by atoms with Crippen LogP contribution in [0.5, 0.6) is 0 Å². The average molecular weight is 390 g/mol. The minimum atomic E-state index is -0.0618. The molecule has 1 saturated heterocycles. The number of nitrogens with one attached hydrogen (secondary N) is 1. The first-order valence-corrected chi connectivity index (χ1v) is 10.3. The van der Waals surface area contributed by atoms with Crippen molar-refractivity contribution in [2.24, 2.45) is 0 Å². The molecule has 26 heavy (non-hydrogen) atoms. The van der Waals surface area contributed by atoms with E-state index in [4.69, 9.17) is 11.6 Å². The van der Waals surface area contributed by atoms with E-state index >= 15 is 0 Å². The zero-order chi connectivity index (χ0) is 18.2. The molecule has 138 valence electrons. The van der Waals surface area contributed by atoms with Crippen molar-refractivity contribution >= 4 is 29.3 Å². The summed E-state index contributed by atoms with van der Waals surface area (Å²) >= 11 is 7.41. The number of hydrogen-bond donors (Lipinski definition) is 1. The number of likely N-dealkylation sites (tertiary alicyclic amines) is 1. The molecule has 6 heteroatoms. The summed E-state index contributed by atoms with van der Waals surface area (Å²) in [5.74, 6) is -0.0618.